The lowest BCUT2D eigenvalue weighted by Gasteiger charge is -2.17. The zero-order valence-corrected chi connectivity index (χ0v) is 22.6. The number of hydrogen-bond acceptors (Lipinski definition) is 8. The van der Waals surface area contributed by atoms with Gasteiger partial charge in [0.1, 0.15) is 10.6 Å². The van der Waals surface area contributed by atoms with Crippen LogP contribution in [-0.4, -0.2) is 56.3 Å². The largest absolute Gasteiger partial charge is 0.482 e. The Morgan fingerprint density at radius 1 is 1.34 bits per heavy atom. The second-order valence-corrected chi connectivity index (χ2v) is 10.3. The third kappa shape index (κ3) is 6.62. The van der Waals surface area contributed by atoms with Crippen LogP contribution in [0.15, 0.2) is 36.0 Å². The van der Waals surface area contributed by atoms with Gasteiger partial charge in [0.15, 0.2) is 22.2 Å². The highest BCUT2D eigenvalue weighted by Crippen LogP contribution is 2.29. The van der Waals surface area contributed by atoms with Crippen LogP contribution in [0.4, 0.5) is 5.13 Å². The Kier molecular flexibility index (Phi) is 8.92. The van der Waals surface area contributed by atoms with E-state index >= 15 is 0 Å². The molecule has 0 saturated heterocycles. The summed E-state index contributed by atoms with van der Waals surface area (Å²) in [5, 5.41) is 12.9. The van der Waals surface area contributed by atoms with E-state index in [1.54, 1.807) is 33.2 Å². The molecule has 2 aromatic heterocycles. The van der Waals surface area contributed by atoms with Gasteiger partial charge in [0, 0.05) is 25.7 Å². The molecule has 0 saturated carbocycles. The predicted octanol–water partition coefficient (Wildman–Crippen LogP) is 4.76. The van der Waals surface area contributed by atoms with Crippen molar-refractivity contribution in [3.05, 3.63) is 57.8 Å². The fraction of sp³-hybridized carbons (Fsp3) is 0.348. The van der Waals surface area contributed by atoms with Crippen LogP contribution >= 0.6 is 34.7 Å². The van der Waals surface area contributed by atoms with Crippen molar-refractivity contribution >= 4 is 51.6 Å². The maximum Gasteiger partial charge on any atom is 0.265 e. The van der Waals surface area contributed by atoms with Gasteiger partial charge in [0.2, 0.25) is 5.91 Å². The Labute approximate surface area is 217 Å². The van der Waals surface area contributed by atoms with E-state index in [-0.39, 0.29) is 17.6 Å². The van der Waals surface area contributed by atoms with E-state index in [1.807, 2.05) is 30.5 Å². The van der Waals surface area contributed by atoms with Gasteiger partial charge in [-0.05, 0) is 44.5 Å². The van der Waals surface area contributed by atoms with E-state index < -0.39 is 6.10 Å². The summed E-state index contributed by atoms with van der Waals surface area (Å²) in [7, 11) is 3.35. The maximum absolute atomic E-state index is 12.6. The molecule has 9 nitrogen and oxygen atoms in total. The monoisotopic (exact) mass is 534 g/mol. The highest BCUT2D eigenvalue weighted by molar-refractivity contribution is 7.99. The molecule has 35 heavy (non-hydrogen) atoms. The minimum atomic E-state index is -0.392. The number of amides is 2. The first-order chi connectivity index (χ1) is 16.6. The zero-order chi connectivity index (χ0) is 25.7. The van der Waals surface area contributed by atoms with E-state index in [9.17, 15) is 9.59 Å². The van der Waals surface area contributed by atoms with Gasteiger partial charge in [-0.25, -0.2) is 4.98 Å². The molecule has 3 aromatic rings. The molecule has 0 radical (unpaired) electrons. The van der Waals surface area contributed by atoms with Crippen molar-refractivity contribution in [1.29, 1.82) is 0 Å². The SMILES string of the molecule is C=CCn1c(SCC(=O)Nc2nc(C)c(C(=O)N(C)C)s2)nnc1C(C)Oc1ccc(Cl)cc1C. The van der Waals surface area contributed by atoms with Crippen molar-refractivity contribution in [1.82, 2.24) is 24.6 Å². The summed E-state index contributed by atoms with van der Waals surface area (Å²) >= 11 is 8.44. The van der Waals surface area contributed by atoms with Crippen LogP contribution in [0, 0.1) is 13.8 Å². The van der Waals surface area contributed by atoms with Crippen LogP contribution in [0.3, 0.4) is 0 Å². The van der Waals surface area contributed by atoms with Gasteiger partial charge in [-0.15, -0.1) is 16.8 Å². The van der Waals surface area contributed by atoms with Crippen molar-refractivity contribution in [2.75, 3.05) is 25.2 Å². The number of allylic oxidation sites excluding steroid dienone is 1. The zero-order valence-electron chi connectivity index (χ0n) is 20.2. The molecule has 0 aliphatic carbocycles. The summed E-state index contributed by atoms with van der Waals surface area (Å²) in [4.78, 5) is 31.0. The Balaban J connectivity index is 1.67. The molecule has 12 heteroatoms. The average molecular weight is 535 g/mol. The van der Waals surface area contributed by atoms with Crippen LogP contribution < -0.4 is 10.1 Å². The highest BCUT2D eigenvalue weighted by atomic mass is 35.5. The summed E-state index contributed by atoms with van der Waals surface area (Å²) in [6, 6.07) is 5.43. The summed E-state index contributed by atoms with van der Waals surface area (Å²) in [6.45, 7) is 9.82. The summed E-state index contributed by atoms with van der Waals surface area (Å²) in [6.07, 6.45) is 1.34. The molecular formula is C23H27ClN6O3S2. The Bertz CT molecular complexity index is 1240. The summed E-state index contributed by atoms with van der Waals surface area (Å²) in [5.41, 5.74) is 1.50. The van der Waals surface area contributed by atoms with Crippen LogP contribution in [0.2, 0.25) is 5.02 Å². The number of nitrogens with one attached hydrogen (secondary N) is 1. The van der Waals surface area contributed by atoms with Gasteiger partial charge in [0.05, 0.1) is 11.4 Å². The Morgan fingerprint density at radius 3 is 2.74 bits per heavy atom. The molecule has 1 unspecified atom stereocenters. The standard InChI is InChI=1S/C23H27ClN6O3S2/c1-7-10-30-20(15(4)33-17-9-8-16(24)11-13(17)2)27-28-23(30)34-12-18(31)26-22-25-14(3)19(35-22)21(32)29(5)6/h7-9,11,15H,1,10,12H2,2-6H3,(H,25,26,31). The number of carbonyl (C=O) groups excluding carboxylic acids is 2. The van der Waals surface area contributed by atoms with Gasteiger partial charge in [-0.3, -0.25) is 14.2 Å². The van der Waals surface area contributed by atoms with E-state index in [4.69, 9.17) is 16.3 Å². The number of benzene rings is 1. The summed E-state index contributed by atoms with van der Waals surface area (Å²) in [5.74, 6) is 1.00. The van der Waals surface area contributed by atoms with E-state index in [2.05, 4.69) is 27.1 Å². The molecule has 0 aliphatic rings. The number of thioether (sulfide) groups is 1. The van der Waals surface area contributed by atoms with Gasteiger partial charge < -0.3 is 15.0 Å². The van der Waals surface area contributed by atoms with Crippen LogP contribution in [-0.2, 0) is 11.3 Å². The molecule has 1 aromatic carbocycles. The lowest BCUT2D eigenvalue weighted by Crippen LogP contribution is -2.21. The number of anilines is 1. The molecule has 3 rings (SSSR count). The van der Waals surface area contributed by atoms with Gasteiger partial charge in [-0.2, -0.15) is 0 Å². The predicted molar refractivity (Wildman–Crippen MR) is 140 cm³/mol. The molecule has 186 valence electrons. The molecule has 1 N–H and O–H groups in total. The second kappa shape index (κ2) is 11.7. The van der Waals surface area contributed by atoms with E-state index in [0.717, 1.165) is 16.9 Å². The fourth-order valence-corrected chi connectivity index (χ4v) is 5.12. The van der Waals surface area contributed by atoms with Crippen LogP contribution in [0.1, 0.15) is 39.8 Å². The first-order valence-electron chi connectivity index (χ1n) is 10.7. The van der Waals surface area contributed by atoms with Crippen molar-refractivity contribution < 1.29 is 14.3 Å². The number of aromatic nitrogens is 4. The van der Waals surface area contributed by atoms with Crippen LogP contribution in [0.5, 0.6) is 5.75 Å². The number of carbonyl (C=O) groups is 2. The molecule has 2 amide bonds. The second-order valence-electron chi connectivity index (χ2n) is 7.88. The number of aryl methyl sites for hydroxylation is 2. The molecule has 1 atom stereocenters. The van der Waals surface area contributed by atoms with Crippen LogP contribution in [0.25, 0.3) is 0 Å². The van der Waals surface area contributed by atoms with Crippen molar-refractivity contribution in [2.45, 2.75) is 38.6 Å². The quantitative estimate of drug-likeness (QED) is 0.295. The van der Waals surface area contributed by atoms with Crippen molar-refractivity contribution in [3.8, 4) is 5.75 Å². The number of hydrogen-bond donors (Lipinski definition) is 1. The topological polar surface area (TPSA) is 102 Å². The number of thiazole rings is 1. The molecule has 2 heterocycles. The third-order valence-corrected chi connectivity index (χ3v) is 7.10. The van der Waals surface area contributed by atoms with Crippen molar-refractivity contribution in [2.24, 2.45) is 0 Å². The van der Waals surface area contributed by atoms with E-state index in [1.165, 1.54) is 16.7 Å². The number of rotatable bonds is 10. The number of halogens is 1. The number of ether oxygens (including phenoxy) is 1. The van der Waals surface area contributed by atoms with Gasteiger partial charge >= 0.3 is 0 Å². The fourth-order valence-electron chi connectivity index (χ4n) is 3.13. The lowest BCUT2D eigenvalue weighted by molar-refractivity contribution is -0.113. The lowest BCUT2D eigenvalue weighted by atomic mass is 10.2. The maximum atomic E-state index is 12.6. The van der Waals surface area contributed by atoms with Gasteiger partial charge in [-0.1, -0.05) is 40.8 Å². The normalized spacial score (nSPS) is 11.7. The van der Waals surface area contributed by atoms with Gasteiger partial charge in [0.25, 0.3) is 5.91 Å². The summed E-state index contributed by atoms with van der Waals surface area (Å²) < 4.78 is 7.96. The Hall–Kier alpha value is -2.89. The molecule has 0 fully saturated rings. The third-order valence-electron chi connectivity index (χ3n) is 4.84. The number of nitrogens with zero attached hydrogens (tertiary/aromatic N) is 5. The van der Waals surface area contributed by atoms with Crippen molar-refractivity contribution in [3.63, 3.8) is 0 Å². The van der Waals surface area contributed by atoms with E-state index in [0.29, 0.717) is 44.0 Å². The molecule has 0 spiro atoms. The molecule has 0 aliphatic heterocycles. The molecular weight excluding hydrogens is 508 g/mol. The molecule has 0 bridgehead atoms. The highest BCUT2D eigenvalue weighted by Gasteiger charge is 2.21. The smallest absolute Gasteiger partial charge is 0.265 e. The average Bonchev–Trinajstić information content (AvgIpc) is 3.36. The Morgan fingerprint density at radius 2 is 2.09 bits per heavy atom. The first kappa shape index (κ1) is 26.7. The first-order valence-corrected chi connectivity index (χ1v) is 12.9. The minimum absolute atomic E-state index is 0.0936. The minimum Gasteiger partial charge on any atom is -0.482 e.